The lowest BCUT2D eigenvalue weighted by Crippen LogP contribution is -2.47. The van der Waals surface area contributed by atoms with Crippen molar-refractivity contribution in [3.8, 4) is 0 Å². The molecule has 0 aromatic heterocycles. The molecule has 0 amide bonds. The van der Waals surface area contributed by atoms with Gasteiger partial charge >= 0.3 is 5.97 Å². The van der Waals surface area contributed by atoms with Gasteiger partial charge in [-0.2, -0.15) is 0 Å². The first-order valence-corrected chi connectivity index (χ1v) is 5.42. The third-order valence-electron chi connectivity index (χ3n) is 2.70. The van der Waals surface area contributed by atoms with Crippen LogP contribution < -0.4 is 11.1 Å². The number of ether oxygens (including phenoxy) is 1. The van der Waals surface area contributed by atoms with Crippen LogP contribution in [0.1, 0.15) is 32.6 Å². The summed E-state index contributed by atoms with van der Waals surface area (Å²) in [5.74, 6) is -0.394. The molecule has 1 aliphatic carbocycles. The van der Waals surface area contributed by atoms with Crippen molar-refractivity contribution in [1.82, 2.24) is 5.32 Å². The number of carbonyl (C=O) groups is 1. The predicted molar refractivity (Wildman–Crippen MR) is 57.4 cm³/mol. The van der Waals surface area contributed by atoms with Gasteiger partial charge in [0.05, 0.1) is 12.5 Å². The van der Waals surface area contributed by atoms with E-state index in [1.807, 2.05) is 0 Å². The average molecular weight is 213 g/mol. The molecule has 1 fully saturated rings. The molecule has 2 unspecified atom stereocenters. The molecule has 0 bridgehead atoms. The molecule has 86 valence electrons. The van der Waals surface area contributed by atoms with Crippen molar-refractivity contribution in [2.24, 2.45) is 11.7 Å². The number of esters is 1. The van der Waals surface area contributed by atoms with Crippen LogP contribution in [-0.2, 0) is 9.53 Å². The lowest BCUT2D eigenvalue weighted by atomic mass is 9.84. The summed E-state index contributed by atoms with van der Waals surface area (Å²) < 4.78 is 5.00. The monoisotopic (exact) mass is 213 g/mol. The van der Waals surface area contributed by atoms with Crippen LogP contribution in [0.2, 0.25) is 0 Å². The Kier molecular flexibility index (Phi) is 4.39. The van der Waals surface area contributed by atoms with Gasteiger partial charge in [0.15, 0.2) is 5.96 Å². The first kappa shape index (κ1) is 11.8. The highest BCUT2D eigenvalue weighted by atomic mass is 16.5. The molecular formula is C10H19N3O2. The summed E-state index contributed by atoms with van der Waals surface area (Å²) in [6.07, 6.45) is 3.81. The minimum atomic E-state index is -0.170. The van der Waals surface area contributed by atoms with Gasteiger partial charge < -0.3 is 15.8 Å². The Labute approximate surface area is 89.9 Å². The summed E-state index contributed by atoms with van der Waals surface area (Å²) in [7, 11) is 0. The zero-order chi connectivity index (χ0) is 11.3. The van der Waals surface area contributed by atoms with Crippen LogP contribution in [0.4, 0.5) is 0 Å². The van der Waals surface area contributed by atoms with E-state index >= 15 is 0 Å². The van der Waals surface area contributed by atoms with Crippen LogP contribution in [0.3, 0.4) is 0 Å². The minimum absolute atomic E-state index is 0.0321. The SMILES string of the molecule is CCOC(=O)C1CCCCC1NC(=N)N. The molecule has 0 aromatic carbocycles. The van der Waals surface area contributed by atoms with Gasteiger partial charge in [0.25, 0.3) is 0 Å². The van der Waals surface area contributed by atoms with Crippen molar-refractivity contribution < 1.29 is 9.53 Å². The van der Waals surface area contributed by atoms with Gasteiger partial charge in [0.2, 0.25) is 0 Å². The largest absolute Gasteiger partial charge is 0.466 e. The Morgan fingerprint density at radius 2 is 2.20 bits per heavy atom. The number of hydrogen-bond acceptors (Lipinski definition) is 3. The molecule has 0 spiro atoms. The van der Waals surface area contributed by atoms with Crippen molar-refractivity contribution in [2.75, 3.05) is 6.61 Å². The van der Waals surface area contributed by atoms with E-state index in [0.717, 1.165) is 25.7 Å². The van der Waals surface area contributed by atoms with Crippen molar-refractivity contribution in [3.63, 3.8) is 0 Å². The van der Waals surface area contributed by atoms with E-state index in [4.69, 9.17) is 15.9 Å². The second-order valence-corrected chi connectivity index (χ2v) is 3.81. The third kappa shape index (κ3) is 3.42. The van der Waals surface area contributed by atoms with Crippen molar-refractivity contribution in [3.05, 3.63) is 0 Å². The fourth-order valence-corrected chi connectivity index (χ4v) is 2.03. The molecule has 0 heterocycles. The van der Waals surface area contributed by atoms with Gasteiger partial charge in [0.1, 0.15) is 0 Å². The molecule has 5 nitrogen and oxygen atoms in total. The summed E-state index contributed by atoms with van der Waals surface area (Å²) in [6.45, 7) is 2.20. The van der Waals surface area contributed by atoms with Crippen molar-refractivity contribution in [1.29, 1.82) is 5.41 Å². The zero-order valence-corrected chi connectivity index (χ0v) is 9.08. The van der Waals surface area contributed by atoms with E-state index in [1.165, 1.54) is 0 Å². The van der Waals surface area contributed by atoms with Gasteiger partial charge in [-0.1, -0.05) is 12.8 Å². The second kappa shape index (κ2) is 5.58. The zero-order valence-electron chi connectivity index (χ0n) is 9.08. The van der Waals surface area contributed by atoms with Gasteiger partial charge in [-0.3, -0.25) is 10.2 Å². The second-order valence-electron chi connectivity index (χ2n) is 3.81. The van der Waals surface area contributed by atoms with E-state index < -0.39 is 0 Å². The Hall–Kier alpha value is -1.26. The van der Waals surface area contributed by atoms with Gasteiger partial charge in [-0.15, -0.1) is 0 Å². The van der Waals surface area contributed by atoms with Crippen LogP contribution in [0.25, 0.3) is 0 Å². The molecule has 0 aliphatic heterocycles. The van der Waals surface area contributed by atoms with Crippen LogP contribution in [0.5, 0.6) is 0 Å². The van der Waals surface area contributed by atoms with Gasteiger partial charge in [-0.05, 0) is 19.8 Å². The molecular weight excluding hydrogens is 194 g/mol. The fraction of sp³-hybridized carbons (Fsp3) is 0.800. The highest BCUT2D eigenvalue weighted by Gasteiger charge is 2.32. The number of nitrogens with one attached hydrogen (secondary N) is 2. The molecule has 15 heavy (non-hydrogen) atoms. The van der Waals surface area contributed by atoms with E-state index in [2.05, 4.69) is 5.32 Å². The molecule has 5 heteroatoms. The summed E-state index contributed by atoms with van der Waals surface area (Å²) in [5.41, 5.74) is 5.28. The smallest absolute Gasteiger partial charge is 0.311 e. The molecule has 0 radical (unpaired) electrons. The molecule has 1 rings (SSSR count). The summed E-state index contributed by atoms with van der Waals surface area (Å²) in [5, 5.41) is 10.0. The van der Waals surface area contributed by atoms with Crippen molar-refractivity contribution in [2.45, 2.75) is 38.6 Å². The average Bonchev–Trinajstić information content (AvgIpc) is 2.18. The highest BCUT2D eigenvalue weighted by Crippen LogP contribution is 2.25. The number of nitrogens with two attached hydrogens (primary N) is 1. The van der Waals surface area contributed by atoms with Crippen LogP contribution in [0.15, 0.2) is 0 Å². The normalized spacial score (nSPS) is 25.7. The van der Waals surface area contributed by atoms with Crippen LogP contribution >= 0.6 is 0 Å². The number of hydrogen-bond donors (Lipinski definition) is 3. The molecule has 1 aliphatic rings. The summed E-state index contributed by atoms with van der Waals surface area (Å²) in [4.78, 5) is 11.6. The molecule has 1 saturated carbocycles. The molecule has 4 N–H and O–H groups in total. The fourth-order valence-electron chi connectivity index (χ4n) is 2.03. The number of carbonyl (C=O) groups excluding carboxylic acids is 1. The maximum Gasteiger partial charge on any atom is 0.311 e. The maximum absolute atomic E-state index is 11.6. The number of guanidine groups is 1. The lowest BCUT2D eigenvalue weighted by molar-refractivity contribution is -0.149. The van der Waals surface area contributed by atoms with Crippen LogP contribution in [-0.4, -0.2) is 24.6 Å². The predicted octanol–water partition coefficient (Wildman–Crippen LogP) is 0.591. The first-order chi connectivity index (χ1) is 7.15. The molecule has 2 atom stereocenters. The Morgan fingerprint density at radius 3 is 2.80 bits per heavy atom. The Morgan fingerprint density at radius 1 is 1.53 bits per heavy atom. The Bertz CT molecular complexity index is 243. The summed E-state index contributed by atoms with van der Waals surface area (Å²) >= 11 is 0. The minimum Gasteiger partial charge on any atom is -0.466 e. The molecule has 0 aromatic rings. The Balaban J connectivity index is 2.56. The first-order valence-electron chi connectivity index (χ1n) is 5.42. The lowest BCUT2D eigenvalue weighted by Gasteiger charge is -2.30. The topological polar surface area (TPSA) is 88.2 Å². The maximum atomic E-state index is 11.6. The van der Waals surface area contributed by atoms with E-state index in [1.54, 1.807) is 6.92 Å². The standard InChI is InChI=1S/C10H19N3O2/c1-2-15-9(14)7-5-3-4-6-8(7)13-10(11)12/h7-8H,2-6H2,1H3,(H4,11,12,13). The molecule has 0 saturated heterocycles. The third-order valence-corrected chi connectivity index (χ3v) is 2.70. The van der Waals surface area contributed by atoms with Gasteiger partial charge in [-0.25, -0.2) is 0 Å². The van der Waals surface area contributed by atoms with E-state index in [0.29, 0.717) is 6.61 Å². The van der Waals surface area contributed by atoms with E-state index in [-0.39, 0.29) is 23.9 Å². The van der Waals surface area contributed by atoms with E-state index in [9.17, 15) is 4.79 Å². The van der Waals surface area contributed by atoms with Crippen molar-refractivity contribution >= 4 is 11.9 Å². The quantitative estimate of drug-likeness (QED) is 0.364. The highest BCUT2D eigenvalue weighted by molar-refractivity contribution is 5.77. The van der Waals surface area contributed by atoms with Crippen LogP contribution in [0, 0.1) is 11.3 Å². The summed E-state index contributed by atoms with van der Waals surface area (Å²) in [6, 6.07) is -0.0321. The van der Waals surface area contributed by atoms with Gasteiger partial charge in [0, 0.05) is 6.04 Å². The number of rotatable bonds is 3.